The van der Waals surface area contributed by atoms with E-state index in [2.05, 4.69) is 10.5 Å². The SMILES string of the molecule is O=C(O)c1cc(-c2nc(-c3cccc(Cl)c3)cs2)ccc1-c1ccccc1NO. The zero-order valence-electron chi connectivity index (χ0n) is 15.0. The molecule has 1 heterocycles. The van der Waals surface area contributed by atoms with Crippen molar-refractivity contribution < 1.29 is 15.1 Å². The molecule has 0 radical (unpaired) electrons. The number of halogens is 1. The Labute approximate surface area is 175 Å². The van der Waals surface area contributed by atoms with Crippen molar-refractivity contribution >= 4 is 34.6 Å². The molecule has 0 bridgehead atoms. The van der Waals surface area contributed by atoms with Crippen LogP contribution in [0.25, 0.3) is 33.0 Å². The molecule has 0 saturated carbocycles. The Kier molecular flexibility index (Phi) is 5.31. The average Bonchev–Trinajstić information content (AvgIpc) is 3.23. The molecule has 3 aromatic carbocycles. The largest absolute Gasteiger partial charge is 0.478 e. The van der Waals surface area contributed by atoms with Crippen molar-refractivity contribution in [2.45, 2.75) is 0 Å². The van der Waals surface area contributed by atoms with E-state index in [4.69, 9.17) is 11.6 Å². The van der Waals surface area contributed by atoms with Gasteiger partial charge in [0.25, 0.3) is 0 Å². The van der Waals surface area contributed by atoms with E-state index in [1.54, 1.807) is 42.5 Å². The number of hydrogen-bond donors (Lipinski definition) is 3. The number of benzene rings is 3. The third kappa shape index (κ3) is 3.86. The number of para-hydroxylation sites is 1. The van der Waals surface area contributed by atoms with Crippen LogP contribution in [0.3, 0.4) is 0 Å². The topological polar surface area (TPSA) is 82.5 Å². The molecule has 144 valence electrons. The van der Waals surface area contributed by atoms with Crippen LogP contribution in [0.4, 0.5) is 5.69 Å². The van der Waals surface area contributed by atoms with Gasteiger partial charge in [-0.15, -0.1) is 11.3 Å². The molecule has 0 saturated heterocycles. The number of aromatic nitrogens is 1. The number of anilines is 1. The fourth-order valence-electron chi connectivity index (χ4n) is 3.09. The number of nitrogens with zero attached hydrogens (tertiary/aromatic N) is 1. The number of thiazole rings is 1. The third-order valence-electron chi connectivity index (χ3n) is 4.46. The monoisotopic (exact) mass is 422 g/mol. The van der Waals surface area contributed by atoms with Gasteiger partial charge in [0.2, 0.25) is 0 Å². The van der Waals surface area contributed by atoms with Crippen molar-refractivity contribution in [2.24, 2.45) is 0 Å². The van der Waals surface area contributed by atoms with Crippen LogP contribution in [0.5, 0.6) is 0 Å². The summed E-state index contributed by atoms with van der Waals surface area (Å²) in [5, 5.41) is 22.4. The minimum Gasteiger partial charge on any atom is -0.478 e. The van der Waals surface area contributed by atoms with Crippen LogP contribution in [0, 0.1) is 0 Å². The molecule has 3 N–H and O–H groups in total. The zero-order chi connectivity index (χ0) is 20.4. The molecule has 0 aliphatic heterocycles. The molecule has 7 heteroatoms. The van der Waals surface area contributed by atoms with E-state index in [1.165, 1.54) is 11.3 Å². The predicted octanol–water partition coefficient (Wildman–Crippen LogP) is 6.30. The highest BCUT2D eigenvalue weighted by molar-refractivity contribution is 7.13. The fourth-order valence-corrected chi connectivity index (χ4v) is 4.11. The van der Waals surface area contributed by atoms with Crippen LogP contribution in [0.15, 0.2) is 72.1 Å². The summed E-state index contributed by atoms with van der Waals surface area (Å²) in [7, 11) is 0. The molecule has 5 nitrogen and oxygen atoms in total. The maximum absolute atomic E-state index is 11.9. The Bertz CT molecular complexity index is 1210. The van der Waals surface area contributed by atoms with Gasteiger partial charge in [0, 0.05) is 27.1 Å². The summed E-state index contributed by atoms with van der Waals surface area (Å²) < 4.78 is 0. The number of carbonyl (C=O) groups is 1. The standard InChI is InChI=1S/C22H15ClN2O3S/c23-15-5-3-4-13(10-15)20-12-29-21(24-20)14-8-9-16(18(11-14)22(26)27)17-6-1-2-7-19(17)25-28/h1-12,25,28H,(H,26,27). The van der Waals surface area contributed by atoms with Crippen molar-refractivity contribution in [2.75, 3.05) is 5.48 Å². The van der Waals surface area contributed by atoms with Crippen molar-refractivity contribution in [3.05, 3.63) is 82.7 Å². The highest BCUT2D eigenvalue weighted by atomic mass is 35.5. The summed E-state index contributed by atoms with van der Waals surface area (Å²) in [6.07, 6.45) is 0. The van der Waals surface area contributed by atoms with Gasteiger partial charge in [-0.3, -0.25) is 10.7 Å². The summed E-state index contributed by atoms with van der Waals surface area (Å²) in [6.45, 7) is 0. The maximum Gasteiger partial charge on any atom is 0.336 e. The van der Waals surface area contributed by atoms with E-state index in [0.29, 0.717) is 32.4 Å². The maximum atomic E-state index is 11.9. The van der Waals surface area contributed by atoms with Gasteiger partial charge in [0.05, 0.1) is 16.9 Å². The average molecular weight is 423 g/mol. The molecule has 0 unspecified atom stereocenters. The first-order valence-electron chi connectivity index (χ1n) is 8.65. The van der Waals surface area contributed by atoms with Gasteiger partial charge < -0.3 is 5.11 Å². The van der Waals surface area contributed by atoms with E-state index in [9.17, 15) is 15.1 Å². The molecule has 0 atom stereocenters. The lowest BCUT2D eigenvalue weighted by Crippen LogP contribution is -2.02. The lowest BCUT2D eigenvalue weighted by Gasteiger charge is -2.12. The molecule has 4 aromatic rings. The van der Waals surface area contributed by atoms with Crippen LogP contribution in [-0.4, -0.2) is 21.3 Å². The number of carboxylic acid groups (broad SMARTS) is 1. The molecular formula is C22H15ClN2O3S. The van der Waals surface area contributed by atoms with Crippen molar-refractivity contribution in [3.63, 3.8) is 0 Å². The van der Waals surface area contributed by atoms with Crippen molar-refractivity contribution in [1.82, 2.24) is 4.98 Å². The highest BCUT2D eigenvalue weighted by Crippen LogP contribution is 2.35. The Balaban J connectivity index is 1.77. The lowest BCUT2D eigenvalue weighted by molar-refractivity contribution is 0.0698. The molecule has 0 spiro atoms. The Morgan fingerprint density at radius 2 is 1.79 bits per heavy atom. The molecule has 0 fully saturated rings. The molecule has 0 aliphatic carbocycles. The van der Waals surface area contributed by atoms with E-state index in [0.717, 1.165) is 11.3 Å². The van der Waals surface area contributed by atoms with E-state index in [1.807, 2.05) is 29.6 Å². The van der Waals surface area contributed by atoms with Crippen LogP contribution < -0.4 is 5.48 Å². The van der Waals surface area contributed by atoms with Crippen LogP contribution in [0.2, 0.25) is 5.02 Å². The molecule has 4 rings (SSSR count). The second kappa shape index (κ2) is 8.05. The Morgan fingerprint density at radius 1 is 0.966 bits per heavy atom. The minimum absolute atomic E-state index is 0.129. The van der Waals surface area contributed by atoms with Crippen molar-refractivity contribution in [1.29, 1.82) is 0 Å². The van der Waals surface area contributed by atoms with Gasteiger partial charge in [0.15, 0.2) is 0 Å². The lowest BCUT2D eigenvalue weighted by atomic mass is 9.96. The number of carboxylic acids is 1. The molecule has 0 amide bonds. The van der Waals surface area contributed by atoms with Crippen LogP contribution >= 0.6 is 22.9 Å². The van der Waals surface area contributed by atoms with Gasteiger partial charge in [-0.25, -0.2) is 9.78 Å². The fraction of sp³-hybridized carbons (Fsp3) is 0. The normalized spacial score (nSPS) is 10.7. The summed E-state index contributed by atoms with van der Waals surface area (Å²) in [6, 6.07) is 19.6. The van der Waals surface area contributed by atoms with Gasteiger partial charge in [-0.1, -0.05) is 54.1 Å². The summed E-state index contributed by atoms with van der Waals surface area (Å²) in [5.41, 5.74) is 6.17. The number of aromatic carboxylic acids is 1. The second-order valence-corrected chi connectivity index (χ2v) is 7.57. The minimum atomic E-state index is -1.05. The van der Waals surface area contributed by atoms with E-state index in [-0.39, 0.29) is 5.56 Å². The molecule has 29 heavy (non-hydrogen) atoms. The molecule has 0 aliphatic rings. The third-order valence-corrected chi connectivity index (χ3v) is 5.59. The summed E-state index contributed by atoms with van der Waals surface area (Å²) >= 11 is 7.50. The van der Waals surface area contributed by atoms with E-state index < -0.39 is 5.97 Å². The number of nitrogens with one attached hydrogen (secondary N) is 1. The Hall–Kier alpha value is -3.19. The zero-order valence-corrected chi connectivity index (χ0v) is 16.5. The predicted molar refractivity (Wildman–Crippen MR) is 116 cm³/mol. The Morgan fingerprint density at radius 3 is 2.55 bits per heavy atom. The van der Waals surface area contributed by atoms with Gasteiger partial charge in [-0.05, 0) is 29.8 Å². The van der Waals surface area contributed by atoms with E-state index >= 15 is 0 Å². The first-order valence-corrected chi connectivity index (χ1v) is 9.91. The van der Waals surface area contributed by atoms with Crippen molar-refractivity contribution in [3.8, 4) is 33.0 Å². The summed E-state index contributed by atoms with van der Waals surface area (Å²) in [5.74, 6) is -1.05. The van der Waals surface area contributed by atoms with Gasteiger partial charge in [-0.2, -0.15) is 0 Å². The first-order chi connectivity index (χ1) is 14.1. The van der Waals surface area contributed by atoms with Crippen LogP contribution in [0.1, 0.15) is 10.4 Å². The number of rotatable bonds is 5. The quantitative estimate of drug-likeness (QED) is 0.329. The smallest absolute Gasteiger partial charge is 0.336 e. The first kappa shape index (κ1) is 19.1. The molecular weight excluding hydrogens is 408 g/mol. The summed E-state index contributed by atoms with van der Waals surface area (Å²) in [4.78, 5) is 16.6. The second-order valence-electron chi connectivity index (χ2n) is 6.27. The molecule has 1 aromatic heterocycles. The van der Waals surface area contributed by atoms with Gasteiger partial charge >= 0.3 is 5.97 Å². The van der Waals surface area contributed by atoms with Gasteiger partial charge in [0.1, 0.15) is 5.01 Å². The number of hydrogen-bond acceptors (Lipinski definition) is 5. The van der Waals surface area contributed by atoms with Crippen LogP contribution in [-0.2, 0) is 0 Å². The highest BCUT2D eigenvalue weighted by Gasteiger charge is 2.17.